The summed E-state index contributed by atoms with van der Waals surface area (Å²) in [5.74, 6) is -1.38. The van der Waals surface area contributed by atoms with Gasteiger partial charge in [0.2, 0.25) is 0 Å². The Kier molecular flexibility index (Phi) is 3.99. The van der Waals surface area contributed by atoms with Crippen LogP contribution >= 0.6 is 15.9 Å². The minimum absolute atomic E-state index is 0.217. The van der Waals surface area contributed by atoms with Gasteiger partial charge in [-0.15, -0.1) is 0 Å². The molecule has 5 nitrogen and oxygen atoms in total. The van der Waals surface area contributed by atoms with Gasteiger partial charge in [0.05, 0.1) is 18.4 Å². The molecule has 0 saturated heterocycles. The Morgan fingerprint density at radius 3 is 2.79 bits per heavy atom. The summed E-state index contributed by atoms with van der Waals surface area (Å²) in [6.45, 7) is 0.315. The van der Waals surface area contributed by atoms with Crippen LogP contribution in [0.3, 0.4) is 0 Å². The van der Waals surface area contributed by atoms with E-state index in [2.05, 4.69) is 20.7 Å². The Balaban J connectivity index is 2.17. The maximum Gasteiger partial charge on any atom is 0.305 e. The third-order valence-corrected chi connectivity index (χ3v) is 3.57. The Labute approximate surface area is 118 Å². The van der Waals surface area contributed by atoms with Crippen LogP contribution in [-0.2, 0) is 14.3 Å². The minimum atomic E-state index is -0.549. The normalized spacial score (nSPS) is 13.7. The highest BCUT2D eigenvalue weighted by atomic mass is 79.9. The minimum Gasteiger partial charge on any atom is -0.469 e. The average Bonchev–Trinajstić information content (AvgIpc) is 2.65. The molecular formula is C13H12BrNO4. The van der Waals surface area contributed by atoms with Crippen LogP contribution in [-0.4, -0.2) is 31.3 Å². The van der Waals surface area contributed by atoms with E-state index in [4.69, 9.17) is 0 Å². The van der Waals surface area contributed by atoms with Crippen LogP contribution in [0.25, 0.3) is 0 Å². The second-order valence-electron chi connectivity index (χ2n) is 4.10. The number of benzene rings is 1. The van der Waals surface area contributed by atoms with Gasteiger partial charge in [0, 0.05) is 17.4 Å². The number of rotatable bonds is 4. The first-order valence-corrected chi connectivity index (χ1v) is 6.57. The first kappa shape index (κ1) is 13.7. The topological polar surface area (TPSA) is 63.7 Å². The second-order valence-corrected chi connectivity index (χ2v) is 4.96. The number of fused-ring (bicyclic) bond motifs is 1. The number of nitrogens with zero attached hydrogens (tertiary/aromatic N) is 1. The molecule has 1 amide bonds. The molecule has 1 heterocycles. The Morgan fingerprint density at radius 2 is 2.11 bits per heavy atom. The Bertz CT molecular complexity index is 556. The fourth-order valence-corrected chi connectivity index (χ4v) is 2.59. The van der Waals surface area contributed by atoms with Gasteiger partial charge in [0.25, 0.3) is 11.7 Å². The van der Waals surface area contributed by atoms with E-state index in [1.54, 1.807) is 18.2 Å². The lowest BCUT2D eigenvalue weighted by Crippen LogP contribution is -2.31. The highest BCUT2D eigenvalue weighted by molar-refractivity contribution is 9.10. The van der Waals surface area contributed by atoms with Crippen molar-refractivity contribution in [3.05, 3.63) is 28.2 Å². The Morgan fingerprint density at radius 1 is 1.37 bits per heavy atom. The number of ketones is 1. The van der Waals surface area contributed by atoms with Crippen molar-refractivity contribution in [2.75, 3.05) is 18.6 Å². The van der Waals surface area contributed by atoms with E-state index < -0.39 is 11.7 Å². The fourth-order valence-electron chi connectivity index (χ4n) is 2.01. The van der Waals surface area contributed by atoms with Gasteiger partial charge in [-0.1, -0.05) is 6.07 Å². The molecule has 0 unspecified atom stereocenters. The summed E-state index contributed by atoms with van der Waals surface area (Å²) in [5.41, 5.74) is 0.986. The largest absolute Gasteiger partial charge is 0.469 e. The first-order valence-electron chi connectivity index (χ1n) is 5.77. The van der Waals surface area contributed by atoms with Crippen molar-refractivity contribution in [2.24, 2.45) is 0 Å². The summed E-state index contributed by atoms with van der Waals surface area (Å²) in [6, 6.07) is 5.12. The molecule has 2 rings (SSSR count). The molecule has 1 aromatic rings. The van der Waals surface area contributed by atoms with Gasteiger partial charge in [0.15, 0.2) is 0 Å². The predicted molar refractivity (Wildman–Crippen MR) is 72.1 cm³/mol. The number of esters is 1. The molecule has 1 aromatic carbocycles. The van der Waals surface area contributed by atoms with Gasteiger partial charge >= 0.3 is 5.97 Å². The number of hydrogen-bond donors (Lipinski definition) is 0. The van der Waals surface area contributed by atoms with E-state index in [1.807, 2.05) is 0 Å². The van der Waals surface area contributed by atoms with E-state index in [9.17, 15) is 14.4 Å². The van der Waals surface area contributed by atoms with Crippen molar-refractivity contribution >= 4 is 39.3 Å². The number of carbonyl (C=O) groups excluding carboxylic acids is 3. The van der Waals surface area contributed by atoms with Crippen molar-refractivity contribution < 1.29 is 19.1 Å². The van der Waals surface area contributed by atoms with Crippen LogP contribution in [0.4, 0.5) is 5.69 Å². The Hall–Kier alpha value is -1.69. The average molecular weight is 326 g/mol. The number of anilines is 1. The monoisotopic (exact) mass is 325 g/mol. The number of hydrogen-bond acceptors (Lipinski definition) is 4. The van der Waals surface area contributed by atoms with Crippen molar-refractivity contribution in [1.29, 1.82) is 0 Å². The van der Waals surface area contributed by atoms with Crippen LogP contribution in [0, 0.1) is 0 Å². The molecule has 0 saturated carbocycles. The summed E-state index contributed by atoms with van der Waals surface area (Å²) in [6.07, 6.45) is 0.667. The number of methoxy groups -OCH3 is 1. The SMILES string of the molecule is COC(=O)CCCN1C(=O)C(=O)c2cccc(Br)c21. The highest BCUT2D eigenvalue weighted by Gasteiger charge is 2.36. The molecule has 0 fully saturated rings. The highest BCUT2D eigenvalue weighted by Crippen LogP contribution is 2.35. The molecular weight excluding hydrogens is 314 g/mol. The maximum atomic E-state index is 11.9. The van der Waals surface area contributed by atoms with E-state index in [-0.39, 0.29) is 12.4 Å². The van der Waals surface area contributed by atoms with Crippen molar-refractivity contribution in [2.45, 2.75) is 12.8 Å². The number of halogens is 1. The summed E-state index contributed by atoms with van der Waals surface area (Å²) < 4.78 is 5.23. The molecule has 0 radical (unpaired) electrons. The molecule has 0 aliphatic carbocycles. The number of ether oxygens (including phenoxy) is 1. The lowest BCUT2D eigenvalue weighted by Gasteiger charge is -2.17. The number of amides is 1. The van der Waals surface area contributed by atoms with Crippen LogP contribution in [0.1, 0.15) is 23.2 Å². The van der Waals surface area contributed by atoms with Gasteiger partial charge in [-0.3, -0.25) is 14.4 Å². The summed E-state index contributed by atoms with van der Waals surface area (Å²) in [5, 5.41) is 0. The van der Waals surface area contributed by atoms with Crippen molar-refractivity contribution in [1.82, 2.24) is 0 Å². The summed E-state index contributed by atoms with van der Waals surface area (Å²) >= 11 is 3.34. The molecule has 19 heavy (non-hydrogen) atoms. The van der Waals surface area contributed by atoms with Crippen LogP contribution in [0.5, 0.6) is 0 Å². The molecule has 0 aromatic heterocycles. The van der Waals surface area contributed by atoms with Gasteiger partial charge in [0.1, 0.15) is 0 Å². The molecule has 1 aliphatic rings. The fraction of sp³-hybridized carbons (Fsp3) is 0.308. The second kappa shape index (κ2) is 5.52. The van der Waals surface area contributed by atoms with Crippen LogP contribution in [0.2, 0.25) is 0 Å². The van der Waals surface area contributed by atoms with E-state index in [1.165, 1.54) is 12.0 Å². The zero-order valence-corrected chi connectivity index (χ0v) is 11.9. The maximum absolute atomic E-state index is 11.9. The smallest absolute Gasteiger partial charge is 0.305 e. The van der Waals surface area contributed by atoms with Gasteiger partial charge in [-0.2, -0.15) is 0 Å². The quantitative estimate of drug-likeness (QED) is 0.626. The van der Waals surface area contributed by atoms with Gasteiger partial charge in [-0.05, 0) is 34.5 Å². The lowest BCUT2D eigenvalue weighted by molar-refractivity contribution is -0.140. The first-order chi connectivity index (χ1) is 9.06. The molecule has 0 bridgehead atoms. The van der Waals surface area contributed by atoms with Gasteiger partial charge in [-0.25, -0.2) is 0 Å². The van der Waals surface area contributed by atoms with E-state index >= 15 is 0 Å². The molecule has 6 heteroatoms. The third-order valence-electron chi connectivity index (χ3n) is 2.93. The van der Waals surface area contributed by atoms with E-state index in [0.717, 1.165) is 0 Å². The van der Waals surface area contributed by atoms with Crippen molar-refractivity contribution in [3.63, 3.8) is 0 Å². The van der Waals surface area contributed by atoms with Crippen LogP contribution < -0.4 is 4.90 Å². The predicted octanol–water partition coefficient (Wildman–Crippen LogP) is 1.93. The lowest BCUT2D eigenvalue weighted by atomic mass is 10.1. The molecule has 0 N–H and O–H groups in total. The molecule has 0 spiro atoms. The zero-order chi connectivity index (χ0) is 14.0. The van der Waals surface area contributed by atoms with Crippen molar-refractivity contribution in [3.8, 4) is 0 Å². The standard InChI is InChI=1S/C13H12BrNO4/c1-19-10(16)6-3-7-15-11-8(12(17)13(15)18)4-2-5-9(11)14/h2,4-5H,3,6-7H2,1H3. The molecule has 100 valence electrons. The van der Waals surface area contributed by atoms with E-state index in [0.29, 0.717) is 28.7 Å². The zero-order valence-electron chi connectivity index (χ0n) is 10.3. The number of carbonyl (C=O) groups is 3. The van der Waals surface area contributed by atoms with Gasteiger partial charge < -0.3 is 9.64 Å². The summed E-state index contributed by atoms with van der Waals surface area (Å²) in [4.78, 5) is 36.2. The van der Waals surface area contributed by atoms with Crippen LogP contribution in [0.15, 0.2) is 22.7 Å². The molecule has 0 atom stereocenters. The summed E-state index contributed by atoms with van der Waals surface area (Å²) in [7, 11) is 1.32. The third kappa shape index (κ3) is 2.53. The molecule has 1 aliphatic heterocycles. The number of Topliss-reactive ketones (excluding diaryl/α,β-unsaturated/α-hetero) is 1. The number of para-hydroxylation sites is 1.